The Morgan fingerprint density at radius 1 is 1.35 bits per heavy atom. The number of hydrogen-bond acceptors (Lipinski definition) is 5. The lowest BCUT2D eigenvalue weighted by Gasteiger charge is -2.28. The predicted octanol–water partition coefficient (Wildman–Crippen LogP) is 0.494. The van der Waals surface area contributed by atoms with Crippen LogP contribution >= 0.6 is 0 Å². The number of fused-ring (bicyclic) bond motifs is 1. The maximum absolute atomic E-state index is 12.7. The molecule has 1 atom stereocenters. The molecule has 3 heterocycles. The third-order valence-electron chi connectivity index (χ3n) is 4.68. The molecule has 0 radical (unpaired) electrons. The molecule has 1 saturated heterocycles. The number of aliphatic hydroxyl groups excluding tert-OH is 1. The fourth-order valence-corrected chi connectivity index (χ4v) is 4.76. The number of aryl methyl sites for hydroxylation is 1. The molecule has 0 spiro atoms. The minimum Gasteiger partial charge on any atom is -0.387 e. The molecule has 1 aromatic heterocycles. The van der Waals surface area contributed by atoms with Crippen LogP contribution in [-0.4, -0.2) is 52.2 Å². The molecule has 1 N–H and O–H groups in total. The summed E-state index contributed by atoms with van der Waals surface area (Å²) in [6.45, 7) is 3.54. The van der Waals surface area contributed by atoms with Gasteiger partial charge in [-0.15, -0.1) is 0 Å². The summed E-state index contributed by atoms with van der Waals surface area (Å²) in [5, 5.41) is 14.0. The van der Waals surface area contributed by atoms with E-state index in [0.717, 1.165) is 18.7 Å². The standard InChI is InChI=1S/C15H23N3O4S/c1-11(19)14-9-13-10-17(5-2-6-18(13)16-14)15(20)12-3-7-23(21,22)8-4-12/h9,11-12,19H,2-8,10H2,1H3/t11-/m1/s1. The lowest BCUT2D eigenvalue weighted by molar-refractivity contribution is -0.136. The summed E-state index contributed by atoms with van der Waals surface area (Å²) in [6.07, 6.45) is 1.04. The van der Waals surface area contributed by atoms with E-state index in [4.69, 9.17) is 0 Å². The van der Waals surface area contributed by atoms with E-state index in [9.17, 15) is 18.3 Å². The molecule has 7 nitrogen and oxygen atoms in total. The van der Waals surface area contributed by atoms with Crippen molar-refractivity contribution in [1.82, 2.24) is 14.7 Å². The summed E-state index contributed by atoms with van der Waals surface area (Å²) in [7, 11) is -2.95. The first-order chi connectivity index (χ1) is 10.9. The third-order valence-corrected chi connectivity index (χ3v) is 6.39. The summed E-state index contributed by atoms with van der Waals surface area (Å²) < 4.78 is 24.9. The predicted molar refractivity (Wildman–Crippen MR) is 84.3 cm³/mol. The molecule has 0 aromatic carbocycles. The number of hydrogen-bond donors (Lipinski definition) is 1. The maximum Gasteiger partial charge on any atom is 0.226 e. The Balaban J connectivity index is 1.71. The van der Waals surface area contributed by atoms with Crippen molar-refractivity contribution < 1.29 is 18.3 Å². The Morgan fingerprint density at radius 2 is 2.04 bits per heavy atom. The van der Waals surface area contributed by atoms with Gasteiger partial charge in [0.2, 0.25) is 5.91 Å². The van der Waals surface area contributed by atoms with Crippen LogP contribution in [0.2, 0.25) is 0 Å². The van der Waals surface area contributed by atoms with Crippen molar-refractivity contribution in [2.24, 2.45) is 5.92 Å². The van der Waals surface area contributed by atoms with E-state index in [2.05, 4.69) is 5.10 Å². The van der Waals surface area contributed by atoms with Crippen LogP contribution in [0.5, 0.6) is 0 Å². The van der Waals surface area contributed by atoms with Crippen LogP contribution < -0.4 is 0 Å². The van der Waals surface area contributed by atoms with Gasteiger partial charge in [-0.1, -0.05) is 0 Å². The van der Waals surface area contributed by atoms with Crippen molar-refractivity contribution in [3.63, 3.8) is 0 Å². The number of rotatable bonds is 2. The van der Waals surface area contributed by atoms with Gasteiger partial charge in [-0.3, -0.25) is 9.48 Å². The second-order valence-electron chi connectivity index (χ2n) is 6.50. The molecule has 1 amide bonds. The van der Waals surface area contributed by atoms with Gasteiger partial charge in [0.1, 0.15) is 9.84 Å². The number of aliphatic hydroxyl groups is 1. The second kappa shape index (κ2) is 6.24. The van der Waals surface area contributed by atoms with E-state index < -0.39 is 15.9 Å². The molecular weight excluding hydrogens is 318 g/mol. The highest BCUT2D eigenvalue weighted by molar-refractivity contribution is 7.91. The number of amides is 1. The smallest absolute Gasteiger partial charge is 0.226 e. The van der Waals surface area contributed by atoms with Crippen LogP contribution in [0.4, 0.5) is 0 Å². The summed E-state index contributed by atoms with van der Waals surface area (Å²) >= 11 is 0. The quantitative estimate of drug-likeness (QED) is 0.845. The fourth-order valence-electron chi connectivity index (χ4n) is 3.27. The monoisotopic (exact) mass is 341 g/mol. The van der Waals surface area contributed by atoms with E-state index in [-0.39, 0.29) is 23.3 Å². The molecule has 1 fully saturated rings. The minimum absolute atomic E-state index is 0.0492. The summed E-state index contributed by atoms with van der Waals surface area (Å²) in [6, 6.07) is 1.85. The molecule has 1 aromatic rings. The zero-order valence-corrected chi connectivity index (χ0v) is 14.1. The van der Waals surface area contributed by atoms with Gasteiger partial charge in [-0.05, 0) is 32.3 Å². The van der Waals surface area contributed by atoms with E-state index in [0.29, 0.717) is 31.6 Å². The molecule has 0 saturated carbocycles. The first kappa shape index (κ1) is 16.4. The third kappa shape index (κ3) is 3.58. The van der Waals surface area contributed by atoms with Crippen LogP contribution in [0.15, 0.2) is 6.07 Å². The highest BCUT2D eigenvalue weighted by atomic mass is 32.2. The Labute approximate surface area is 136 Å². The largest absolute Gasteiger partial charge is 0.387 e. The Bertz CT molecular complexity index is 682. The van der Waals surface area contributed by atoms with Crippen LogP contribution in [0.25, 0.3) is 0 Å². The molecule has 2 aliphatic rings. The van der Waals surface area contributed by atoms with Crippen LogP contribution in [0, 0.1) is 5.92 Å². The van der Waals surface area contributed by atoms with Crippen molar-refractivity contribution in [1.29, 1.82) is 0 Å². The van der Waals surface area contributed by atoms with Gasteiger partial charge in [0, 0.05) is 19.0 Å². The molecule has 0 aliphatic carbocycles. The van der Waals surface area contributed by atoms with E-state index in [1.54, 1.807) is 6.92 Å². The number of carbonyl (C=O) groups is 1. The van der Waals surface area contributed by atoms with Crippen molar-refractivity contribution in [3.8, 4) is 0 Å². The van der Waals surface area contributed by atoms with Gasteiger partial charge >= 0.3 is 0 Å². The van der Waals surface area contributed by atoms with Crippen LogP contribution in [0.1, 0.15) is 43.7 Å². The highest BCUT2D eigenvalue weighted by Crippen LogP contribution is 2.24. The van der Waals surface area contributed by atoms with E-state index in [1.165, 1.54) is 0 Å². The molecule has 8 heteroatoms. The lowest BCUT2D eigenvalue weighted by Crippen LogP contribution is -2.39. The van der Waals surface area contributed by atoms with Crippen LogP contribution in [-0.2, 0) is 27.7 Å². The summed E-state index contributed by atoms with van der Waals surface area (Å²) in [4.78, 5) is 14.5. The average Bonchev–Trinajstić information content (AvgIpc) is 2.79. The maximum atomic E-state index is 12.7. The molecule has 3 rings (SSSR count). The number of sulfone groups is 1. The molecular formula is C15H23N3O4S. The zero-order chi connectivity index (χ0) is 16.6. The molecule has 23 heavy (non-hydrogen) atoms. The average molecular weight is 341 g/mol. The zero-order valence-electron chi connectivity index (χ0n) is 13.3. The van der Waals surface area contributed by atoms with Crippen molar-refractivity contribution in [2.75, 3.05) is 18.1 Å². The minimum atomic E-state index is -2.95. The molecule has 0 bridgehead atoms. The van der Waals surface area contributed by atoms with Crippen molar-refractivity contribution in [2.45, 2.75) is 45.4 Å². The van der Waals surface area contributed by atoms with Gasteiger partial charge in [-0.25, -0.2) is 8.42 Å². The Hall–Kier alpha value is -1.41. The van der Waals surface area contributed by atoms with Gasteiger partial charge in [0.15, 0.2) is 0 Å². The Morgan fingerprint density at radius 3 is 2.70 bits per heavy atom. The van der Waals surface area contributed by atoms with E-state index in [1.807, 2.05) is 15.6 Å². The normalized spacial score (nSPS) is 23.1. The summed E-state index contributed by atoms with van der Waals surface area (Å²) in [5.74, 6) is 0.0836. The first-order valence-corrected chi connectivity index (χ1v) is 9.92. The number of aromatic nitrogens is 2. The molecule has 0 unspecified atom stereocenters. The SMILES string of the molecule is C[C@@H](O)c1cc2n(n1)CCCN(C(=O)C1CCS(=O)(=O)CC1)C2. The van der Waals surface area contributed by atoms with Gasteiger partial charge in [0.25, 0.3) is 0 Å². The van der Waals surface area contributed by atoms with Crippen molar-refractivity contribution in [3.05, 3.63) is 17.5 Å². The highest BCUT2D eigenvalue weighted by Gasteiger charge is 2.32. The second-order valence-corrected chi connectivity index (χ2v) is 8.80. The van der Waals surface area contributed by atoms with Gasteiger partial charge in [0.05, 0.1) is 35.5 Å². The summed E-state index contributed by atoms with van der Waals surface area (Å²) in [5.41, 5.74) is 1.55. The molecule has 128 valence electrons. The fraction of sp³-hybridized carbons (Fsp3) is 0.733. The van der Waals surface area contributed by atoms with Crippen LogP contribution in [0.3, 0.4) is 0 Å². The van der Waals surface area contributed by atoms with E-state index >= 15 is 0 Å². The number of nitrogens with zero attached hydrogens (tertiary/aromatic N) is 3. The lowest BCUT2D eigenvalue weighted by atomic mass is 10.0. The Kier molecular flexibility index (Phi) is 4.46. The topological polar surface area (TPSA) is 92.5 Å². The molecule has 2 aliphatic heterocycles. The van der Waals surface area contributed by atoms with Gasteiger partial charge < -0.3 is 10.0 Å². The van der Waals surface area contributed by atoms with Gasteiger partial charge in [-0.2, -0.15) is 5.10 Å². The first-order valence-electron chi connectivity index (χ1n) is 8.09. The number of carbonyl (C=O) groups excluding carboxylic acids is 1. The van der Waals surface area contributed by atoms with Crippen molar-refractivity contribution >= 4 is 15.7 Å².